The topological polar surface area (TPSA) is 41.5 Å². The van der Waals surface area contributed by atoms with Gasteiger partial charge in [0.25, 0.3) is 0 Å². The SMILES string of the molecule is OC1CC(C(NC2CCOCC2)c2ccc(F)cc2)C1. The summed E-state index contributed by atoms with van der Waals surface area (Å²) in [5, 5.41) is 13.3. The van der Waals surface area contributed by atoms with Gasteiger partial charge in [-0.2, -0.15) is 0 Å². The number of aliphatic hydroxyl groups excluding tert-OH is 1. The number of hydrogen-bond acceptors (Lipinski definition) is 3. The number of aliphatic hydroxyl groups is 1. The Kier molecular flexibility index (Phi) is 4.34. The van der Waals surface area contributed by atoms with Gasteiger partial charge in [-0.3, -0.25) is 0 Å². The Labute approximate surface area is 119 Å². The predicted octanol–water partition coefficient (Wildman–Crippen LogP) is 2.41. The van der Waals surface area contributed by atoms with Crippen LogP contribution in [0.25, 0.3) is 0 Å². The summed E-state index contributed by atoms with van der Waals surface area (Å²) in [6, 6.07) is 7.42. The highest BCUT2D eigenvalue weighted by atomic mass is 19.1. The van der Waals surface area contributed by atoms with Crippen LogP contribution < -0.4 is 5.32 Å². The van der Waals surface area contributed by atoms with Gasteiger partial charge in [0.1, 0.15) is 5.82 Å². The summed E-state index contributed by atoms with van der Waals surface area (Å²) in [5.41, 5.74) is 1.12. The maximum absolute atomic E-state index is 13.1. The number of benzene rings is 1. The first kappa shape index (κ1) is 14.0. The molecule has 3 nitrogen and oxygen atoms in total. The molecule has 1 aliphatic heterocycles. The van der Waals surface area contributed by atoms with E-state index in [1.807, 2.05) is 12.1 Å². The van der Waals surface area contributed by atoms with Crippen molar-refractivity contribution >= 4 is 0 Å². The summed E-state index contributed by atoms with van der Waals surface area (Å²) in [6.07, 6.45) is 3.54. The molecule has 1 aliphatic carbocycles. The molecule has 0 aromatic heterocycles. The Morgan fingerprint density at radius 1 is 1.15 bits per heavy atom. The molecule has 1 aromatic rings. The summed E-state index contributed by atoms with van der Waals surface area (Å²) >= 11 is 0. The van der Waals surface area contributed by atoms with Crippen molar-refractivity contribution in [1.29, 1.82) is 0 Å². The monoisotopic (exact) mass is 279 g/mol. The lowest BCUT2D eigenvalue weighted by Crippen LogP contribution is -2.44. The molecular weight excluding hydrogens is 257 g/mol. The quantitative estimate of drug-likeness (QED) is 0.889. The summed E-state index contributed by atoms with van der Waals surface area (Å²) < 4.78 is 18.5. The summed E-state index contributed by atoms with van der Waals surface area (Å²) in [5.74, 6) is 0.241. The molecule has 0 radical (unpaired) electrons. The smallest absolute Gasteiger partial charge is 0.123 e. The van der Waals surface area contributed by atoms with E-state index in [4.69, 9.17) is 4.74 Å². The molecule has 110 valence electrons. The molecule has 4 heteroatoms. The largest absolute Gasteiger partial charge is 0.393 e. The van der Waals surface area contributed by atoms with Crippen LogP contribution in [0.5, 0.6) is 0 Å². The van der Waals surface area contributed by atoms with E-state index < -0.39 is 0 Å². The van der Waals surface area contributed by atoms with E-state index in [1.54, 1.807) is 0 Å². The maximum Gasteiger partial charge on any atom is 0.123 e. The van der Waals surface area contributed by atoms with Gasteiger partial charge in [-0.1, -0.05) is 12.1 Å². The molecule has 2 aliphatic rings. The second-order valence-electron chi connectivity index (χ2n) is 5.97. The molecule has 1 unspecified atom stereocenters. The molecule has 1 heterocycles. The van der Waals surface area contributed by atoms with Gasteiger partial charge in [0.05, 0.1) is 6.10 Å². The first-order chi connectivity index (χ1) is 9.72. The lowest BCUT2D eigenvalue weighted by atomic mass is 9.74. The molecule has 2 fully saturated rings. The van der Waals surface area contributed by atoms with E-state index >= 15 is 0 Å². The summed E-state index contributed by atoms with van der Waals surface area (Å²) in [7, 11) is 0. The molecule has 1 saturated heterocycles. The molecule has 1 saturated carbocycles. The standard InChI is InChI=1S/C16H22FNO2/c17-13-3-1-11(2-4-13)16(12-9-15(19)10-12)18-14-5-7-20-8-6-14/h1-4,12,14-16,18-19H,5-10H2. The van der Waals surface area contributed by atoms with Gasteiger partial charge in [-0.05, 0) is 49.3 Å². The molecule has 20 heavy (non-hydrogen) atoms. The third kappa shape index (κ3) is 3.19. The van der Waals surface area contributed by atoms with Crippen LogP contribution in [0.1, 0.15) is 37.3 Å². The van der Waals surface area contributed by atoms with E-state index in [0.29, 0.717) is 12.0 Å². The highest BCUT2D eigenvalue weighted by Gasteiger charge is 2.35. The van der Waals surface area contributed by atoms with Crippen LogP contribution in [0.15, 0.2) is 24.3 Å². The van der Waals surface area contributed by atoms with Crippen molar-refractivity contribution in [2.75, 3.05) is 13.2 Å². The molecule has 0 amide bonds. The lowest BCUT2D eigenvalue weighted by Gasteiger charge is -2.40. The third-order valence-electron chi connectivity index (χ3n) is 4.49. The van der Waals surface area contributed by atoms with Gasteiger partial charge >= 0.3 is 0 Å². The zero-order valence-electron chi connectivity index (χ0n) is 11.6. The molecule has 0 bridgehead atoms. The fourth-order valence-corrected chi connectivity index (χ4v) is 3.19. The summed E-state index contributed by atoms with van der Waals surface area (Å²) in [6.45, 7) is 1.61. The highest BCUT2D eigenvalue weighted by Crippen LogP contribution is 2.38. The molecule has 1 aromatic carbocycles. The van der Waals surface area contributed by atoms with Crippen LogP contribution in [0.4, 0.5) is 4.39 Å². The molecule has 0 spiro atoms. The van der Waals surface area contributed by atoms with Gasteiger partial charge < -0.3 is 15.2 Å². The first-order valence-corrected chi connectivity index (χ1v) is 7.49. The number of ether oxygens (including phenoxy) is 1. The van der Waals surface area contributed by atoms with Crippen LogP contribution >= 0.6 is 0 Å². The van der Waals surface area contributed by atoms with Gasteiger partial charge in [0.15, 0.2) is 0 Å². The number of nitrogens with one attached hydrogen (secondary N) is 1. The van der Waals surface area contributed by atoms with Crippen LogP contribution in [-0.2, 0) is 4.74 Å². The first-order valence-electron chi connectivity index (χ1n) is 7.49. The number of hydrogen-bond donors (Lipinski definition) is 2. The van der Waals surface area contributed by atoms with E-state index in [0.717, 1.165) is 44.5 Å². The van der Waals surface area contributed by atoms with Crippen molar-refractivity contribution in [3.63, 3.8) is 0 Å². The van der Waals surface area contributed by atoms with E-state index in [1.165, 1.54) is 12.1 Å². The van der Waals surface area contributed by atoms with E-state index in [2.05, 4.69) is 5.32 Å². The fourth-order valence-electron chi connectivity index (χ4n) is 3.19. The van der Waals surface area contributed by atoms with Crippen molar-refractivity contribution in [3.05, 3.63) is 35.6 Å². The van der Waals surface area contributed by atoms with Crippen molar-refractivity contribution in [2.24, 2.45) is 5.92 Å². The number of halogens is 1. The fraction of sp³-hybridized carbons (Fsp3) is 0.625. The van der Waals surface area contributed by atoms with Gasteiger partial charge in [-0.25, -0.2) is 4.39 Å². The third-order valence-corrected chi connectivity index (χ3v) is 4.49. The molecule has 2 N–H and O–H groups in total. The normalized spacial score (nSPS) is 28.9. The second-order valence-corrected chi connectivity index (χ2v) is 5.97. The minimum Gasteiger partial charge on any atom is -0.393 e. The summed E-state index contributed by atoms with van der Waals surface area (Å²) in [4.78, 5) is 0. The Morgan fingerprint density at radius 3 is 2.40 bits per heavy atom. The van der Waals surface area contributed by atoms with Crippen LogP contribution in [-0.4, -0.2) is 30.5 Å². The average Bonchev–Trinajstić information content (AvgIpc) is 2.44. The Balaban J connectivity index is 1.71. The Bertz CT molecular complexity index is 425. The molecular formula is C16H22FNO2. The average molecular weight is 279 g/mol. The van der Waals surface area contributed by atoms with Crippen molar-refractivity contribution in [2.45, 2.75) is 43.9 Å². The zero-order valence-corrected chi connectivity index (χ0v) is 11.6. The maximum atomic E-state index is 13.1. The van der Waals surface area contributed by atoms with Gasteiger partial charge in [0.2, 0.25) is 0 Å². The van der Waals surface area contributed by atoms with Crippen molar-refractivity contribution < 1.29 is 14.2 Å². The van der Waals surface area contributed by atoms with Crippen molar-refractivity contribution in [1.82, 2.24) is 5.32 Å². The Hall–Kier alpha value is -0.970. The minimum absolute atomic E-state index is 0.167. The second kappa shape index (κ2) is 6.20. The van der Waals surface area contributed by atoms with Crippen LogP contribution in [0, 0.1) is 11.7 Å². The predicted molar refractivity (Wildman–Crippen MR) is 74.8 cm³/mol. The van der Waals surface area contributed by atoms with Crippen LogP contribution in [0.3, 0.4) is 0 Å². The number of rotatable bonds is 4. The van der Waals surface area contributed by atoms with E-state index in [9.17, 15) is 9.50 Å². The Morgan fingerprint density at radius 2 is 1.80 bits per heavy atom. The highest BCUT2D eigenvalue weighted by molar-refractivity contribution is 5.22. The van der Waals surface area contributed by atoms with Gasteiger partial charge in [0, 0.05) is 25.3 Å². The molecule has 1 atom stereocenters. The van der Waals surface area contributed by atoms with Gasteiger partial charge in [-0.15, -0.1) is 0 Å². The lowest BCUT2D eigenvalue weighted by molar-refractivity contribution is 0.0146. The zero-order chi connectivity index (χ0) is 13.9. The van der Waals surface area contributed by atoms with E-state index in [-0.39, 0.29) is 18.0 Å². The molecule has 3 rings (SSSR count). The van der Waals surface area contributed by atoms with Crippen molar-refractivity contribution in [3.8, 4) is 0 Å². The minimum atomic E-state index is -0.202. The van der Waals surface area contributed by atoms with Crippen LogP contribution in [0.2, 0.25) is 0 Å².